The Kier molecular flexibility index (Phi) is 4.45. The van der Waals surface area contributed by atoms with Gasteiger partial charge in [-0.1, -0.05) is 6.07 Å². The van der Waals surface area contributed by atoms with Gasteiger partial charge in [0.05, 0.1) is 7.11 Å². The second kappa shape index (κ2) is 6.68. The van der Waals surface area contributed by atoms with Crippen LogP contribution in [0.25, 0.3) is 0 Å². The normalized spacial score (nSPS) is 16.3. The van der Waals surface area contributed by atoms with Gasteiger partial charge in [0.2, 0.25) is 5.91 Å². The van der Waals surface area contributed by atoms with Gasteiger partial charge < -0.3 is 14.5 Å². The smallest absolute Gasteiger partial charge is 0.247 e. The van der Waals surface area contributed by atoms with Crippen molar-refractivity contribution in [1.29, 1.82) is 0 Å². The second-order valence-electron chi connectivity index (χ2n) is 5.57. The lowest BCUT2D eigenvalue weighted by atomic mass is 10.2. The SMILES string of the molecule is COc1cccc(N2CCN(C(=O)C(C)n3cncn3)CC2)c1. The van der Waals surface area contributed by atoms with Gasteiger partial charge in [0, 0.05) is 37.9 Å². The number of piperazine rings is 1. The van der Waals surface area contributed by atoms with E-state index in [9.17, 15) is 4.79 Å². The highest BCUT2D eigenvalue weighted by Gasteiger charge is 2.26. The monoisotopic (exact) mass is 315 g/mol. The molecular formula is C16H21N5O2. The maximum absolute atomic E-state index is 12.5. The molecule has 7 heteroatoms. The largest absolute Gasteiger partial charge is 0.497 e. The number of carbonyl (C=O) groups is 1. The summed E-state index contributed by atoms with van der Waals surface area (Å²) in [6.45, 7) is 4.88. The van der Waals surface area contributed by atoms with Crippen LogP contribution in [0, 0.1) is 0 Å². The van der Waals surface area contributed by atoms with Crippen LogP contribution in [0.5, 0.6) is 5.75 Å². The number of anilines is 1. The van der Waals surface area contributed by atoms with Crippen molar-refractivity contribution in [2.45, 2.75) is 13.0 Å². The molecular weight excluding hydrogens is 294 g/mol. The average Bonchev–Trinajstić information content (AvgIpc) is 3.15. The Morgan fingerprint density at radius 3 is 2.70 bits per heavy atom. The van der Waals surface area contributed by atoms with E-state index in [0.717, 1.165) is 24.5 Å². The summed E-state index contributed by atoms with van der Waals surface area (Å²) in [5, 5.41) is 4.05. The first kappa shape index (κ1) is 15.3. The molecule has 1 amide bonds. The number of benzene rings is 1. The average molecular weight is 315 g/mol. The van der Waals surface area contributed by atoms with Crippen LogP contribution in [0.2, 0.25) is 0 Å². The lowest BCUT2D eigenvalue weighted by Crippen LogP contribution is -2.50. The molecule has 0 saturated carbocycles. The first-order chi connectivity index (χ1) is 11.2. The van der Waals surface area contributed by atoms with Gasteiger partial charge in [-0.15, -0.1) is 0 Å². The summed E-state index contributed by atoms with van der Waals surface area (Å²) in [5.74, 6) is 0.932. The quantitative estimate of drug-likeness (QED) is 0.848. The van der Waals surface area contributed by atoms with Crippen molar-refractivity contribution < 1.29 is 9.53 Å². The zero-order valence-electron chi connectivity index (χ0n) is 13.4. The molecule has 1 aliphatic rings. The molecule has 1 unspecified atom stereocenters. The fourth-order valence-electron chi connectivity index (χ4n) is 2.79. The Morgan fingerprint density at radius 1 is 1.26 bits per heavy atom. The number of methoxy groups -OCH3 is 1. The predicted molar refractivity (Wildman–Crippen MR) is 86.5 cm³/mol. The van der Waals surface area contributed by atoms with Gasteiger partial charge in [-0.05, 0) is 19.1 Å². The summed E-state index contributed by atoms with van der Waals surface area (Å²) in [5.41, 5.74) is 1.13. The van der Waals surface area contributed by atoms with Crippen molar-refractivity contribution in [3.05, 3.63) is 36.9 Å². The van der Waals surface area contributed by atoms with E-state index in [4.69, 9.17) is 4.74 Å². The molecule has 0 radical (unpaired) electrons. The third-order valence-electron chi connectivity index (χ3n) is 4.20. The summed E-state index contributed by atoms with van der Waals surface area (Å²) in [6.07, 6.45) is 3.03. The highest BCUT2D eigenvalue weighted by atomic mass is 16.5. The molecule has 1 saturated heterocycles. The number of amides is 1. The molecule has 23 heavy (non-hydrogen) atoms. The fourth-order valence-corrected chi connectivity index (χ4v) is 2.79. The van der Waals surface area contributed by atoms with E-state index >= 15 is 0 Å². The zero-order valence-corrected chi connectivity index (χ0v) is 13.4. The van der Waals surface area contributed by atoms with Gasteiger partial charge in [-0.25, -0.2) is 9.67 Å². The minimum atomic E-state index is -0.319. The highest BCUT2D eigenvalue weighted by molar-refractivity contribution is 5.80. The van der Waals surface area contributed by atoms with E-state index in [-0.39, 0.29) is 11.9 Å². The molecule has 1 aromatic carbocycles. The van der Waals surface area contributed by atoms with Crippen LogP contribution in [-0.2, 0) is 4.79 Å². The van der Waals surface area contributed by atoms with Crippen LogP contribution in [0.1, 0.15) is 13.0 Å². The van der Waals surface area contributed by atoms with Gasteiger partial charge in [0.1, 0.15) is 24.4 Å². The minimum absolute atomic E-state index is 0.0841. The maximum atomic E-state index is 12.5. The summed E-state index contributed by atoms with van der Waals surface area (Å²) >= 11 is 0. The number of ether oxygens (including phenoxy) is 1. The third-order valence-corrected chi connectivity index (χ3v) is 4.20. The molecule has 7 nitrogen and oxygen atoms in total. The molecule has 1 aliphatic heterocycles. The zero-order chi connectivity index (χ0) is 16.2. The van der Waals surface area contributed by atoms with Gasteiger partial charge in [-0.3, -0.25) is 4.79 Å². The van der Waals surface area contributed by atoms with Crippen molar-refractivity contribution in [3.8, 4) is 5.75 Å². The van der Waals surface area contributed by atoms with Crippen molar-refractivity contribution in [1.82, 2.24) is 19.7 Å². The van der Waals surface area contributed by atoms with E-state index in [1.54, 1.807) is 18.1 Å². The second-order valence-corrected chi connectivity index (χ2v) is 5.57. The third kappa shape index (κ3) is 3.28. The molecule has 2 heterocycles. The number of hydrogen-bond donors (Lipinski definition) is 0. The van der Waals surface area contributed by atoms with Gasteiger partial charge in [-0.2, -0.15) is 5.10 Å². The minimum Gasteiger partial charge on any atom is -0.497 e. The molecule has 0 N–H and O–H groups in total. The lowest BCUT2D eigenvalue weighted by molar-refractivity contribution is -0.134. The van der Waals surface area contributed by atoms with Crippen molar-refractivity contribution >= 4 is 11.6 Å². The van der Waals surface area contributed by atoms with Gasteiger partial charge >= 0.3 is 0 Å². The molecule has 0 bridgehead atoms. The van der Waals surface area contributed by atoms with Crippen molar-refractivity contribution in [2.75, 3.05) is 38.2 Å². The number of hydrogen-bond acceptors (Lipinski definition) is 5. The fraction of sp³-hybridized carbons (Fsp3) is 0.438. The Balaban J connectivity index is 1.60. The molecule has 0 spiro atoms. The molecule has 1 atom stereocenters. The van der Waals surface area contributed by atoms with Gasteiger partial charge in [0.15, 0.2) is 0 Å². The molecule has 1 aromatic heterocycles. The number of nitrogens with zero attached hydrogens (tertiary/aromatic N) is 5. The number of carbonyl (C=O) groups excluding carboxylic acids is 1. The number of rotatable bonds is 4. The summed E-state index contributed by atoms with van der Waals surface area (Å²) in [4.78, 5) is 20.6. The lowest BCUT2D eigenvalue weighted by Gasteiger charge is -2.37. The first-order valence-corrected chi connectivity index (χ1v) is 7.71. The van der Waals surface area contributed by atoms with E-state index in [0.29, 0.717) is 13.1 Å². The Morgan fingerprint density at radius 2 is 2.04 bits per heavy atom. The maximum Gasteiger partial charge on any atom is 0.247 e. The van der Waals surface area contributed by atoms with Crippen LogP contribution >= 0.6 is 0 Å². The molecule has 122 valence electrons. The topological polar surface area (TPSA) is 63.5 Å². The molecule has 1 fully saturated rings. The Bertz CT molecular complexity index is 650. The molecule has 3 rings (SSSR count). The van der Waals surface area contributed by atoms with Crippen molar-refractivity contribution in [2.24, 2.45) is 0 Å². The van der Waals surface area contributed by atoms with E-state index in [1.807, 2.05) is 30.0 Å². The van der Waals surface area contributed by atoms with E-state index < -0.39 is 0 Å². The van der Waals surface area contributed by atoms with E-state index in [2.05, 4.69) is 21.0 Å². The summed E-state index contributed by atoms with van der Waals surface area (Å²) < 4.78 is 6.87. The molecule has 0 aliphatic carbocycles. The highest BCUT2D eigenvalue weighted by Crippen LogP contribution is 2.22. The Labute approximate surface area is 135 Å². The first-order valence-electron chi connectivity index (χ1n) is 7.71. The van der Waals surface area contributed by atoms with Crippen LogP contribution < -0.4 is 9.64 Å². The van der Waals surface area contributed by atoms with Crippen LogP contribution in [-0.4, -0.2) is 58.9 Å². The Hall–Kier alpha value is -2.57. The summed E-state index contributed by atoms with van der Waals surface area (Å²) in [6, 6.07) is 7.69. The van der Waals surface area contributed by atoms with Crippen LogP contribution in [0.15, 0.2) is 36.9 Å². The van der Waals surface area contributed by atoms with Crippen LogP contribution in [0.4, 0.5) is 5.69 Å². The summed E-state index contributed by atoms with van der Waals surface area (Å²) in [7, 11) is 1.67. The standard InChI is InChI=1S/C16H21N5O2/c1-13(21-12-17-11-18-21)16(22)20-8-6-19(7-9-20)14-4-3-5-15(10-14)23-2/h3-5,10-13H,6-9H2,1-2H3. The number of aromatic nitrogens is 3. The van der Waals surface area contributed by atoms with E-state index in [1.165, 1.54) is 6.33 Å². The predicted octanol–water partition coefficient (Wildman–Crippen LogP) is 1.20. The van der Waals surface area contributed by atoms with Gasteiger partial charge in [0.25, 0.3) is 0 Å². The van der Waals surface area contributed by atoms with Crippen molar-refractivity contribution in [3.63, 3.8) is 0 Å². The molecule has 2 aromatic rings. The van der Waals surface area contributed by atoms with Crippen LogP contribution in [0.3, 0.4) is 0 Å².